The Balaban J connectivity index is 2.04. The van der Waals surface area contributed by atoms with Crippen LogP contribution in [0, 0.1) is 23.1 Å². The van der Waals surface area contributed by atoms with Crippen LogP contribution < -0.4 is 10.6 Å². The lowest BCUT2D eigenvalue weighted by atomic mass is 9.94. The summed E-state index contributed by atoms with van der Waals surface area (Å²) in [6.45, 7) is 2.94. The monoisotopic (exact) mass is 261 g/mol. The van der Waals surface area contributed by atoms with Gasteiger partial charge in [0.25, 0.3) is 0 Å². The van der Waals surface area contributed by atoms with E-state index < -0.39 is 5.82 Å². The van der Waals surface area contributed by atoms with E-state index in [4.69, 9.17) is 5.26 Å². The molecule has 2 N–H and O–H groups in total. The zero-order chi connectivity index (χ0) is 13.8. The van der Waals surface area contributed by atoms with Gasteiger partial charge in [-0.25, -0.2) is 4.39 Å². The summed E-state index contributed by atoms with van der Waals surface area (Å²) in [5, 5.41) is 14.6. The Labute approximate surface area is 111 Å². The summed E-state index contributed by atoms with van der Waals surface area (Å²) in [5.41, 5.74) is 0.380. The summed E-state index contributed by atoms with van der Waals surface area (Å²) in [5.74, 6) is -0.202. The van der Waals surface area contributed by atoms with Crippen molar-refractivity contribution in [2.24, 2.45) is 5.92 Å². The van der Waals surface area contributed by atoms with Crippen LogP contribution in [0.5, 0.6) is 0 Å². The van der Waals surface area contributed by atoms with E-state index in [1.807, 2.05) is 0 Å². The molecule has 0 bridgehead atoms. The molecule has 1 amide bonds. The van der Waals surface area contributed by atoms with Crippen molar-refractivity contribution in [2.45, 2.75) is 25.8 Å². The number of nitriles is 1. The Morgan fingerprint density at radius 2 is 2.37 bits per heavy atom. The van der Waals surface area contributed by atoms with Crippen molar-refractivity contribution in [3.8, 4) is 6.07 Å². The minimum absolute atomic E-state index is 0.0669. The van der Waals surface area contributed by atoms with Gasteiger partial charge in [0, 0.05) is 5.69 Å². The van der Waals surface area contributed by atoms with Crippen molar-refractivity contribution in [2.75, 3.05) is 11.9 Å². The molecule has 0 aromatic heterocycles. The van der Waals surface area contributed by atoms with Crippen LogP contribution in [-0.4, -0.2) is 18.5 Å². The van der Waals surface area contributed by atoms with Crippen LogP contribution in [0.3, 0.4) is 0 Å². The third-order valence-corrected chi connectivity index (χ3v) is 3.34. The van der Waals surface area contributed by atoms with Crippen LogP contribution in [0.25, 0.3) is 0 Å². The van der Waals surface area contributed by atoms with Crippen LogP contribution >= 0.6 is 0 Å². The number of carbonyl (C=O) groups excluding carboxylic acids is 1. The molecule has 1 saturated heterocycles. The predicted octanol–water partition coefficient (Wildman–Crippen LogP) is 2.02. The minimum Gasteiger partial charge on any atom is -0.325 e. The number of hydrogen-bond acceptors (Lipinski definition) is 3. The SMILES string of the molecule is CC1CCNC(C(=O)Nc2ccc(F)c(C#N)c2)C1. The van der Waals surface area contributed by atoms with Crippen molar-refractivity contribution in [1.29, 1.82) is 5.26 Å². The normalized spacial score (nSPS) is 22.6. The molecule has 5 heteroatoms. The highest BCUT2D eigenvalue weighted by Crippen LogP contribution is 2.18. The molecule has 0 aliphatic carbocycles. The van der Waals surface area contributed by atoms with E-state index in [9.17, 15) is 9.18 Å². The summed E-state index contributed by atoms with van der Waals surface area (Å²) < 4.78 is 13.2. The van der Waals surface area contributed by atoms with Gasteiger partial charge in [-0.3, -0.25) is 4.79 Å². The number of anilines is 1. The van der Waals surface area contributed by atoms with Gasteiger partial charge in [0.1, 0.15) is 11.9 Å². The number of nitrogens with zero attached hydrogens (tertiary/aromatic N) is 1. The van der Waals surface area contributed by atoms with E-state index >= 15 is 0 Å². The standard InChI is InChI=1S/C14H16FN3O/c1-9-4-5-17-13(6-9)14(19)18-11-2-3-12(15)10(7-11)8-16/h2-3,7,9,13,17H,4-6H2,1H3,(H,18,19). The highest BCUT2D eigenvalue weighted by Gasteiger charge is 2.24. The van der Waals surface area contributed by atoms with E-state index in [1.54, 1.807) is 6.07 Å². The van der Waals surface area contributed by atoms with Gasteiger partial charge < -0.3 is 10.6 Å². The van der Waals surface area contributed by atoms with Crippen LogP contribution in [0.2, 0.25) is 0 Å². The number of rotatable bonds is 2. The molecule has 2 atom stereocenters. The van der Waals surface area contributed by atoms with Gasteiger partial charge >= 0.3 is 0 Å². The third-order valence-electron chi connectivity index (χ3n) is 3.34. The van der Waals surface area contributed by atoms with Crippen molar-refractivity contribution < 1.29 is 9.18 Å². The Hall–Kier alpha value is -1.93. The highest BCUT2D eigenvalue weighted by molar-refractivity contribution is 5.95. The molecule has 4 nitrogen and oxygen atoms in total. The van der Waals surface area contributed by atoms with Crippen LogP contribution in [-0.2, 0) is 4.79 Å². The lowest BCUT2D eigenvalue weighted by Crippen LogP contribution is -2.45. The first-order valence-corrected chi connectivity index (χ1v) is 6.34. The van der Waals surface area contributed by atoms with E-state index in [1.165, 1.54) is 18.2 Å². The molecule has 0 saturated carbocycles. The number of piperidine rings is 1. The fourth-order valence-corrected chi connectivity index (χ4v) is 2.23. The largest absolute Gasteiger partial charge is 0.325 e. The molecule has 2 rings (SSSR count). The maximum Gasteiger partial charge on any atom is 0.241 e. The molecule has 1 aliphatic rings. The first-order chi connectivity index (χ1) is 9.10. The second-order valence-electron chi connectivity index (χ2n) is 4.93. The van der Waals surface area contributed by atoms with E-state index in [2.05, 4.69) is 17.6 Å². The molecule has 100 valence electrons. The average molecular weight is 261 g/mol. The van der Waals surface area contributed by atoms with Crippen molar-refractivity contribution in [3.63, 3.8) is 0 Å². The van der Waals surface area contributed by atoms with Crippen molar-refractivity contribution in [1.82, 2.24) is 5.32 Å². The zero-order valence-corrected chi connectivity index (χ0v) is 10.7. The lowest BCUT2D eigenvalue weighted by molar-refractivity contribution is -0.119. The molecular formula is C14H16FN3O. The fourth-order valence-electron chi connectivity index (χ4n) is 2.23. The molecule has 1 aliphatic heterocycles. The Kier molecular flexibility index (Phi) is 4.13. The number of halogens is 1. The maximum atomic E-state index is 13.2. The fraction of sp³-hybridized carbons (Fsp3) is 0.429. The number of benzene rings is 1. The molecular weight excluding hydrogens is 245 g/mol. The highest BCUT2D eigenvalue weighted by atomic mass is 19.1. The van der Waals surface area contributed by atoms with Gasteiger partial charge in [0.15, 0.2) is 0 Å². The number of hydrogen-bond donors (Lipinski definition) is 2. The molecule has 0 radical (unpaired) electrons. The molecule has 1 aromatic rings. The van der Waals surface area contributed by atoms with Gasteiger partial charge in [-0.15, -0.1) is 0 Å². The summed E-state index contributed by atoms with van der Waals surface area (Å²) in [6, 6.07) is 5.52. The average Bonchev–Trinajstić information content (AvgIpc) is 2.41. The van der Waals surface area contributed by atoms with E-state index in [0.717, 1.165) is 19.4 Å². The van der Waals surface area contributed by atoms with Gasteiger partial charge in [0.2, 0.25) is 5.91 Å². The van der Waals surface area contributed by atoms with Gasteiger partial charge in [-0.05, 0) is 43.5 Å². The smallest absolute Gasteiger partial charge is 0.241 e. The van der Waals surface area contributed by atoms with Crippen molar-refractivity contribution in [3.05, 3.63) is 29.6 Å². The van der Waals surface area contributed by atoms with E-state index in [0.29, 0.717) is 11.6 Å². The van der Waals surface area contributed by atoms with Gasteiger partial charge in [0.05, 0.1) is 11.6 Å². The minimum atomic E-state index is -0.579. The first kappa shape index (κ1) is 13.5. The quantitative estimate of drug-likeness (QED) is 0.856. The van der Waals surface area contributed by atoms with Crippen LogP contribution in [0.1, 0.15) is 25.3 Å². The Morgan fingerprint density at radius 3 is 3.05 bits per heavy atom. The zero-order valence-electron chi connectivity index (χ0n) is 10.7. The molecule has 1 aromatic carbocycles. The Morgan fingerprint density at radius 1 is 1.58 bits per heavy atom. The molecule has 2 unspecified atom stereocenters. The summed E-state index contributed by atoms with van der Waals surface area (Å²) >= 11 is 0. The summed E-state index contributed by atoms with van der Waals surface area (Å²) in [7, 11) is 0. The second-order valence-corrected chi connectivity index (χ2v) is 4.93. The molecule has 1 fully saturated rings. The first-order valence-electron chi connectivity index (χ1n) is 6.34. The molecule has 1 heterocycles. The topological polar surface area (TPSA) is 64.9 Å². The van der Waals surface area contributed by atoms with Crippen LogP contribution in [0.4, 0.5) is 10.1 Å². The number of nitrogens with one attached hydrogen (secondary N) is 2. The summed E-state index contributed by atoms with van der Waals surface area (Å²) in [4.78, 5) is 12.0. The number of carbonyl (C=O) groups is 1. The second kappa shape index (κ2) is 5.81. The third kappa shape index (κ3) is 3.30. The Bertz CT molecular complexity index is 524. The predicted molar refractivity (Wildman–Crippen MR) is 69.9 cm³/mol. The number of amides is 1. The van der Waals surface area contributed by atoms with Crippen LogP contribution in [0.15, 0.2) is 18.2 Å². The summed E-state index contributed by atoms with van der Waals surface area (Å²) in [6.07, 6.45) is 1.86. The molecule has 0 spiro atoms. The van der Waals surface area contributed by atoms with Gasteiger partial charge in [-0.1, -0.05) is 6.92 Å². The van der Waals surface area contributed by atoms with E-state index in [-0.39, 0.29) is 17.5 Å². The molecule has 19 heavy (non-hydrogen) atoms. The van der Waals surface area contributed by atoms with Crippen molar-refractivity contribution >= 4 is 11.6 Å². The van der Waals surface area contributed by atoms with Gasteiger partial charge in [-0.2, -0.15) is 5.26 Å². The lowest BCUT2D eigenvalue weighted by Gasteiger charge is -2.27. The maximum absolute atomic E-state index is 13.2.